The molecule has 0 spiro atoms. The molecule has 1 aromatic carbocycles. The van der Waals surface area contributed by atoms with Crippen LogP contribution in [0.5, 0.6) is 0 Å². The summed E-state index contributed by atoms with van der Waals surface area (Å²) < 4.78 is 5.29. The van der Waals surface area contributed by atoms with Crippen LogP contribution in [0.4, 0.5) is 0 Å². The molecular weight excluding hydrogens is 812 g/mol. The van der Waals surface area contributed by atoms with Crippen LogP contribution in [-0.2, 0) is 60.8 Å². The lowest BCUT2D eigenvalue weighted by atomic mass is 9.85. The van der Waals surface area contributed by atoms with Crippen molar-refractivity contribution in [3.8, 4) is 0 Å². The summed E-state index contributed by atoms with van der Waals surface area (Å²) in [6, 6.07) is 1.74. The van der Waals surface area contributed by atoms with E-state index in [1.165, 1.54) is 6.26 Å². The molecule has 340 valence electrons. The summed E-state index contributed by atoms with van der Waals surface area (Å²) in [4.78, 5) is 127. The van der Waals surface area contributed by atoms with E-state index in [1.807, 2.05) is 13.8 Å². The highest BCUT2D eigenvalue weighted by molar-refractivity contribution is 5.98. The lowest BCUT2D eigenvalue weighted by Crippen LogP contribution is -2.62. The van der Waals surface area contributed by atoms with Crippen LogP contribution in [0, 0.1) is 18.3 Å². The van der Waals surface area contributed by atoms with Gasteiger partial charge >= 0.3 is 17.9 Å². The van der Waals surface area contributed by atoms with Crippen molar-refractivity contribution in [2.24, 2.45) is 11.3 Å². The van der Waals surface area contributed by atoms with Crippen LogP contribution in [0.2, 0.25) is 0 Å². The molecule has 6 amide bonds. The number of carboxylic acid groups (broad SMARTS) is 3. The number of hydrogen-bond donors (Lipinski definition) is 9. The Labute approximate surface area is 358 Å². The molecule has 1 aromatic heterocycles. The summed E-state index contributed by atoms with van der Waals surface area (Å²) in [7, 11) is 0. The van der Waals surface area contributed by atoms with E-state index in [0.29, 0.717) is 17.6 Å². The predicted octanol–water partition coefficient (Wildman–Crippen LogP) is 0.777. The summed E-state index contributed by atoms with van der Waals surface area (Å²) in [5.74, 6) is -9.41. The molecule has 0 saturated heterocycles. The molecule has 0 radical (unpaired) electrons. The van der Waals surface area contributed by atoms with Crippen molar-refractivity contribution in [2.45, 2.75) is 129 Å². The summed E-state index contributed by atoms with van der Waals surface area (Å²) in [5.41, 5.74) is 0.306. The molecule has 1 heterocycles. The predicted molar refractivity (Wildman–Crippen MR) is 220 cm³/mol. The van der Waals surface area contributed by atoms with Gasteiger partial charge in [0.1, 0.15) is 42.3 Å². The zero-order valence-corrected chi connectivity index (χ0v) is 35.6. The van der Waals surface area contributed by atoms with Crippen molar-refractivity contribution in [2.75, 3.05) is 0 Å². The highest BCUT2D eigenvalue weighted by atomic mass is 16.4. The number of carbonyl (C=O) groups excluding carboxylic acids is 7. The molecule has 62 heavy (non-hydrogen) atoms. The van der Waals surface area contributed by atoms with E-state index < -0.39 is 127 Å². The molecule has 0 aliphatic rings. The van der Waals surface area contributed by atoms with Crippen molar-refractivity contribution in [3.05, 3.63) is 59.5 Å². The number of nitrogens with one attached hydrogen (secondary N) is 6. The Morgan fingerprint density at radius 1 is 0.645 bits per heavy atom. The topological polar surface area (TPSA) is 317 Å². The van der Waals surface area contributed by atoms with Crippen LogP contribution in [0.25, 0.3) is 0 Å². The second kappa shape index (κ2) is 24.6. The van der Waals surface area contributed by atoms with Gasteiger partial charge in [0.15, 0.2) is 0 Å². The molecule has 0 aliphatic carbocycles. The van der Waals surface area contributed by atoms with Gasteiger partial charge in [0.2, 0.25) is 35.4 Å². The molecule has 0 bridgehead atoms. The second-order valence-electron chi connectivity index (χ2n) is 16.3. The van der Waals surface area contributed by atoms with Gasteiger partial charge in [-0.25, -0.2) is 0 Å². The number of aldehydes is 1. The quantitative estimate of drug-likeness (QED) is 0.0591. The number of rotatable bonds is 26. The molecule has 20 nitrogen and oxygen atoms in total. The van der Waals surface area contributed by atoms with Gasteiger partial charge in [-0.3, -0.25) is 43.2 Å². The number of aliphatic carboxylic acids is 3. The largest absolute Gasteiger partial charge is 0.481 e. The minimum absolute atomic E-state index is 0.0637. The summed E-state index contributed by atoms with van der Waals surface area (Å²) in [6.45, 7) is 10.4. The summed E-state index contributed by atoms with van der Waals surface area (Å²) in [5, 5.41) is 42.7. The Morgan fingerprint density at radius 3 is 1.77 bits per heavy atom. The molecule has 9 N–H and O–H groups in total. The van der Waals surface area contributed by atoms with Crippen molar-refractivity contribution in [1.82, 2.24) is 31.9 Å². The third-order valence-electron chi connectivity index (χ3n) is 9.44. The van der Waals surface area contributed by atoms with Gasteiger partial charge in [0.05, 0.1) is 25.1 Å². The average molecular weight is 871 g/mol. The standard InChI is InChI=1S/C42H58N6O14/c1-23(2)18-29(38(58)43-26(22-49)20-27-12-9-17-62-27)47-41(61)36(42(4,5)6)48-40(60)30(19-25-11-8-7-10-24(25)3)46-37(57)28(13-15-33(51)52)45-39(59)31(21-35(55)56)44-32(50)14-16-34(53)54/h7-12,17,22-23,26,28-31,36H,13-16,18-21H2,1-6H3,(H,43,58)(H,44,50)(H,45,59)(H,46,57)(H,47,61)(H,48,60)(H,51,52)(H,53,54)(H,55,56)/t26?,28-,29-,30-,31-,36+/m0/s1. The number of amides is 6. The van der Waals surface area contributed by atoms with Gasteiger partial charge in [0, 0.05) is 25.7 Å². The molecule has 0 aliphatic heterocycles. The van der Waals surface area contributed by atoms with Crippen molar-refractivity contribution < 1.29 is 67.7 Å². The van der Waals surface area contributed by atoms with E-state index >= 15 is 0 Å². The van der Waals surface area contributed by atoms with E-state index in [0.717, 1.165) is 5.56 Å². The fraction of sp³-hybridized carbons (Fsp3) is 0.524. The zero-order valence-electron chi connectivity index (χ0n) is 35.6. The van der Waals surface area contributed by atoms with E-state index in [2.05, 4.69) is 31.9 Å². The van der Waals surface area contributed by atoms with E-state index in [1.54, 1.807) is 64.1 Å². The first-order valence-electron chi connectivity index (χ1n) is 20.0. The molecule has 20 heteroatoms. The minimum atomic E-state index is -1.80. The number of carbonyl (C=O) groups is 10. The van der Waals surface area contributed by atoms with E-state index in [-0.39, 0.29) is 25.2 Å². The molecule has 0 saturated carbocycles. The van der Waals surface area contributed by atoms with Crippen LogP contribution in [0.3, 0.4) is 0 Å². The molecule has 2 rings (SSSR count). The Hall–Kier alpha value is -6.60. The average Bonchev–Trinajstić information content (AvgIpc) is 3.69. The Kier molecular flexibility index (Phi) is 20.5. The van der Waals surface area contributed by atoms with Crippen molar-refractivity contribution in [3.63, 3.8) is 0 Å². The third-order valence-corrected chi connectivity index (χ3v) is 9.44. The fourth-order valence-corrected chi connectivity index (χ4v) is 6.16. The number of hydrogen-bond acceptors (Lipinski definition) is 11. The number of benzene rings is 1. The summed E-state index contributed by atoms with van der Waals surface area (Å²) >= 11 is 0. The van der Waals surface area contributed by atoms with Crippen LogP contribution >= 0.6 is 0 Å². The highest BCUT2D eigenvalue weighted by Crippen LogP contribution is 2.21. The molecule has 0 fully saturated rings. The maximum absolute atomic E-state index is 14.3. The Balaban J connectivity index is 2.45. The highest BCUT2D eigenvalue weighted by Gasteiger charge is 2.38. The molecule has 2 aromatic rings. The normalized spacial score (nSPS) is 14.1. The van der Waals surface area contributed by atoms with E-state index in [4.69, 9.17) is 9.52 Å². The first kappa shape index (κ1) is 51.5. The second-order valence-corrected chi connectivity index (χ2v) is 16.3. The minimum Gasteiger partial charge on any atom is -0.481 e. The van der Waals surface area contributed by atoms with Crippen LogP contribution < -0.4 is 31.9 Å². The van der Waals surface area contributed by atoms with Gasteiger partial charge < -0.3 is 56.4 Å². The first-order valence-corrected chi connectivity index (χ1v) is 20.0. The van der Waals surface area contributed by atoms with Gasteiger partial charge in [-0.05, 0) is 54.4 Å². The van der Waals surface area contributed by atoms with Gasteiger partial charge in [-0.15, -0.1) is 0 Å². The molecule has 6 atom stereocenters. The monoisotopic (exact) mass is 870 g/mol. The molecular formula is C42H58N6O14. The zero-order chi connectivity index (χ0) is 46.7. The van der Waals surface area contributed by atoms with Crippen molar-refractivity contribution in [1.29, 1.82) is 0 Å². The number of aryl methyl sites for hydroxylation is 1. The van der Waals surface area contributed by atoms with Gasteiger partial charge in [-0.2, -0.15) is 0 Å². The Morgan fingerprint density at radius 2 is 1.23 bits per heavy atom. The lowest BCUT2D eigenvalue weighted by Gasteiger charge is -2.33. The Bertz CT molecular complexity index is 1910. The number of furan rings is 1. The maximum atomic E-state index is 14.3. The number of carboxylic acids is 3. The van der Waals surface area contributed by atoms with Crippen molar-refractivity contribution >= 4 is 59.6 Å². The first-order chi connectivity index (χ1) is 29.0. The smallest absolute Gasteiger partial charge is 0.305 e. The molecule has 1 unspecified atom stereocenters. The van der Waals surface area contributed by atoms with Gasteiger partial charge in [-0.1, -0.05) is 58.9 Å². The summed E-state index contributed by atoms with van der Waals surface area (Å²) in [6.07, 6.45) is -1.38. The maximum Gasteiger partial charge on any atom is 0.305 e. The van der Waals surface area contributed by atoms with Crippen LogP contribution in [-0.4, -0.2) is 111 Å². The third kappa shape index (κ3) is 18.3. The van der Waals surface area contributed by atoms with Gasteiger partial charge in [0.25, 0.3) is 0 Å². The van der Waals surface area contributed by atoms with Crippen LogP contribution in [0.1, 0.15) is 90.0 Å². The SMILES string of the molecule is Cc1ccccc1C[C@H](NC(=O)[C@H](CCC(=O)O)NC(=O)[C@H](CC(=O)O)NC(=O)CCC(=O)O)C(=O)N[C@H](C(=O)N[C@@H](CC(C)C)C(=O)NC(C=O)Cc1ccco1)C(C)(C)C. The van der Waals surface area contributed by atoms with Crippen LogP contribution in [0.15, 0.2) is 47.1 Å². The lowest BCUT2D eigenvalue weighted by molar-refractivity contribution is -0.142. The fourth-order valence-electron chi connectivity index (χ4n) is 6.16. The van der Waals surface area contributed by atoms with E-state index in [9.17, 15) is 58.2 Å².